The molecule has 0 aromatic heterocycles. The van der Waals surface area contributed by atoms with E-state index in [9.17, 15) is 4.79 Å². The monoisotopic (exact) mass is 457 g/mol. The normalized spacial score (nSPS) is 42.1. The maximum absolute atomic E-state index is 12.1. The van der Waals surface area contributed by atoms with Gasteiger partial charge >= 0.3 is 5.97 Å². The minimum Gasteiger partial charge on any atom is -0.461 e. The highest BCUT2D eigenvalue weighted by molar-refractivity contribution is 5.75. The van der Waals surface area contributed by atoms with Crippen molar-refractivity contribution in [2.75, 3.05) is 0 Å². The van der Waals surface area contributed by atoms with Crippen molar-refractivity contribution in [3.8, 4) is 0 Å². The summed E-state index contributed by atoms with van der Waals surface area (Å²) in [6, 6.07) is -0.526. The Morgan fingerprint density at radius 3 is 2.52 bits per heavy atom. The van der Waals surface area contributed by atoms with Crippen LogP contribution in [0.1, 0.15) is 112 Å². The van der Waals surface area contributed by atoms with E-state index in [0.29, 0.717) is 10.8 Å². The Morgan fingerprint density at radius 2 is 1.82 bits per heavy atom. The number of ether oxygens (including phenoxy) is 1. The molecular formula is C30H51NO2. The van der Waals surface area contributed by atoms with Crippen molar-refractivity contribution in [2.24, 2.45) is 52.1 Å². The van der Waals surface area contributed by atoms with Gasteiger partial charge in [0, 0.05) is 6.42 Å². The number of nitrogens with two attached hydrogens (primary N) is 1. The van der Waals surface area contributed by atoms with Crippen molar-refractivity contribution in [1.29, 1.82) is 0 Å². The summed E-state index contributed by atoms with van der Waals surface area (Å²) in [4.78, 5) is 12.1. The fourth-order valence-corrected chi connectivity index (χ4v) is 9.02. The van der Waals surface area contributed by atoms with Gasteiger partial charge in [-0.15, -0.1) is 0 Å². The molecule has 0 aromatic rings. The van der Waals surface area contributed by atoms with E-state index < -0.39 is 6.04 Å². The predicted molar refractivity (Wildman–Crippen MR) is 137 cm³/mol. The number of hydrogen-bond donors (Lipinski definition) is 1. The van der Waals surface area contributed by atoms with Crippen LogP contribution in [0, 0.1) is 46.3 Å². The van der Waals surface area contributed by atoms with E-state index in [1.54, 1.807) is 12.5 Å². The van der Waals surface area contributed by atoms with Crippen LogP contribution in [-0.2, 0) is 9.53 Å². The molecule has 3 saturated carbocycles. The van der Waals surface area contributed by atoms with Crippen molar-refractivity contribution >= 4 is 5.97 Å². The molecule has 4 aliphatic rings. The molecule has 0 unspecified atom stereocenters. The first-order valence-corrected chi connectivity index (χ1v) is 14.2. The molecule has 0 aliphatic heterocycles. The van der Waals surface area contributed by atoms with Gasteiger partial charge in [-0.1, -0.05) is 65.5 Å². The molecule has 9 atom stereocenters. The second kappa shape index (κ2) is 9.67. The maximum atomic E-state index is 12.1. The van der Waals surface area contributed by atoms with Crippen LogP contribution < -0.4 is 5.73 Å². The van der Waals surface area contributed by atoms with Gasteiger partial charge in [-0.25, -0.2) is 0 Å². The van der Waals surface area contributed by atoms with E-state index in [0.717, 1.165) is 54.8 Å². The Labute approximate surface area is 203 Å². The minimum atomic E-state index is -0.526. The molecule has 188 valence electrons. The lowest BCUT2D eigenvalue weighted by atomic mass is 9.47. The number of esters is 1. The summed E-state index contributed by atoms with van der Waals surface area (Å²) in [5.41, 5.74) is 8.18. The smallest absolute Gasteiger partial charge is 0.322 e. The first kappa shape index (κ1) is 25.3. The van der Waals surface area contributed by atoms with E-state index in [1.165, 1.54) is 51.4 Å². The molecule has 0 radical (unpaired) electrons. The highest BCUT2D eigenvalue weighted by Crippen LogP contribution is 2.67. The third-order valence-corrected chi connectivity index (χ3v) is 10.9. The molecule has 4 aliphatic carbocycles. The molecule has 3 fully saturated rings. The van der Waals surface area contributed by atoms with Crippen molar-refractivity contribution < 1.29 is 9.53 Å². The highest BCUT2D eigenvalue weighted by Gasteiger charge is 2.59. The van der Waals surface area contributed by atoms with E-state index in [-0.39, 0.29) is 12.1 Å². The molecule has 2 N–H and O–H groups in total. The van der Waals surface area contributed by atoms with Crippen LogP contribution in [-0.4, -0.2) is 18.1 Å². The molecule has 3 nitrogen and oxygen atoms in total. The van der Waals surface area contributed by atoms with Gasteiger partial charge in [-0.05, 0) is 98.2 Å². The predicted octanol–water partition coefficient (Wildman–Crippen LogP) is 7.29. The molecule has 0 saturated heterocycles. The number of carbonyl (C=O) groups excluding carboxylic acids is 1. The summed E-state index contributed by atoms with van der Waals surface area (Å²) in [6.45, 7) is 14.2. The number of carbonyl (C=O) groups is 1. The van der Waals surface area contributed by atoms with Gasteiger partial charge in [0.15, 0.2) is 0 Å². The highest BCUT2D eigenvalue weighted by atomic mass is 16.5. The standard InChI is InChI=1S/C30H51NO2/c1-19(2)8-7-9-20(3)25-12-13-26-24-11-10-22-18-23(33-28(32)21(4)31)14-16-29(22,5)27(24)15-17-30(25,26)6/h10,19-21,23-27H,7-9,11-18,31H2,1-6H3/t20-,21+,23+,24+,25-,26+,27+,29+,30-/m1/s1. The molecule has 3 heteroatoms. The lowest BCUT2D eigenvalue weighted by Crippen LogP contribution is -2.51. The van der Waals surface area contributed by atoms with Crippen LogP contribution in [0.15, 0.2) is 11.6 Å². The lowest BCUT2D eigenvalue weighted by molar-refractivity contribution is -0.152. The number of rotatable bonds is 7. The Morgan fingerprint density at radius 1 is 1.06 bits per heavy atom. The summed E-state index contributed by atoms with van der Waals surface area (Å²) >= 11 is 0. The Hall–Kier alpha value is -0.830. The topological polar surface area (TPSA) is 52.3 Å². The first-order chi connectivity index (χ1) is 15.6. The van der Waals surface area contributed by atoms with Crippen LogP contribution in [0.25, 0.3) is 0 Å². The molecule has 0 bridgehead atoms. The van der Waals surface area contributed by atoms with E-state index in [4.69, 9.17) is 10.5 Å². The quantitative estimate of drug-likeness (QED) is 0.322. The van der Waals surface area contributed by atoms with Gasteiger partial charge in [0.05, 0.1) is 0 Å². The van der Waals surface area contributed by atoms with Crippen molar-refractivity contribution in [1.82, 2.24) is 0 Å². The number of allylic oxidation sites excluding steroid dienone is 1. The third-order valence-electron chi connectivity index (χ3n) is 10.9. The summed E-state index contributed by atoms with van der Waals surface area (Å²) in [5.74, 6) is 4.95. The summed E-state index contributed by atoms with van der Waals surface area (Å²) in [7, 11) is 0. The Bertz CT molecular complexity index is 742. The van der Waals surface area contributed by atoms with Gasteiger partial charge in [0.1, 0.15) is 12.1 Å². The lowest BCUT2D eigenvalue weighted by Gasteiger charge is -2.58. The fraction of sp³-hybridized carbons (Fsp3) is 0.900. The van der Waals surface area contributed by atoms with Crippen molar-refractivity contribution in [3.05, 3.63) is 11.6 Å². The molecule has 0 aromatic carbocycles. The molecule has 0 heterocycles. The summed E-state index contributed by atoms with van der Waals surface area (Å²) in [5, 5.41) is 0. The van der Waals surface area contributed by atoms with Gasteiger partial charge < -0.3 is 10.5 Å². The third kappa shape index (κ3) is 4.69. The molecule has 4 rings (SSSR count). The van der Waals surface area contributed by atoms with E-state index in [2.05, 4.69) is 40.7 Å². The summed E-state index contributed by atoms with van der Waals surface area (Å²) < 4.78 is 5.75. The zero-order valence-corrected chi connectivity index (χ0v) is 22.4. The van der Waals surface area contributed by atoms with Gasteiger partial charge in [-0.2, -0.15) is 0 Å². The maximum Gasteiger partial charge on any atom is 0.322 e. The van der Waals surface area contributed by atoms with Crippen molar-refractivity contribution in [3.63, 3.8) is 0 Å². The van der Waals surface area contributed by atoms with Crippen LogP contribution >= 0.6 is 0 Å². The zero-order valence-electron chi connectivity index (χ0n) is 22.4. The second-order valence-electron chi connectivity index (χ2n) is 13.4. The van der Waals surface area contributed by atoms with Crippen LogP contribution in [0.2, 0.25) is 0 Å². The number of hydrogen-bond acceptors (Lipinski definition) is 3. The Kier molecular flexibility index (Phi) is 7.40. The van der Waals surface area contributed by atoms with Gasteiger partial charge in [0.25, 0.3) is 0 Å². The van der Waals surface area contributed by atoms with E-state index in [1.807, 2.05) is 0 Å². The van der Waals surface area contributed by atoms with Gasteiger partial charge in [0.2, 0.25) is 0 Å². The zero-order chi connectivity index (χ0) is 24.0. The van der Waals surface area contributed by atoms with Crippen LogP contribution in [0.4, 0.5) is 0 Å². The fourth-order valence-electron chi connectivity index (χ4n) is 9.02. The number of fused-ring (bicyclic) bond motifs is 5. The molecule has 0 spiro atoms. The minimum absolute atomic E-state index is 0.0239. The van der Waals surface area contributed by atoms with E-state index >= 15 is 0 Å². The largest absolute Gasteiger partial charge is 0.461 e. The molecular weight excluding hydrogens is 406 g/mol. The second-order valence-corrected chi connectivity index (χ2v) is 13.4. The average molecular weight is 458 g/mol. The molecule has 33 heavy (non-hydrogen) atoms. The van der Waals surface area contributed by atoms with Crippen LogP contribution in [0.3, 0.4) is 0 Å². The van der Waals surface area contributed by atoms with Crippen molar-refractivity contribution in [2.45, 2.75) is 124 Å². The molecule has 0 amide bonds. The first-order valence-electron chi connectivity index (χ1n) is 14.2. The average Bonchev–Trinajstić information content (AvgIpc) is 3.11. The SMILES string of the molecule is CC(C)CCC[C@@H](C)[C@H]1CC[C@H]2[C@@H]3CC=C4C[C@@H](OC(=O)[C@H](C)N)CC[C@]4(C)[C@H]3CC[C@]12C. The Balaban J connectivity index is 1.45. The van der Waals surface area contributed by atoms with Crippen LogP contribution in [0.5, 0.6) is 0 Å². The summed E-state index contributed by atoms with van der Waals surface area (Å²) in [6.07, 6.45) is 16.9. The van der Waals surface area contributed by atoms with Gasteiger partial charge in [-0.3, -0.25) is 4.79 Å².